The first-order chi connectivity index (χ1) is 14.7. The summed E-state index contributed by atoms with van der Waals surface area (Å²) >= 11 is 1.46. The van der Waals surface area contributed by atoms with Gasteiger partial charge in [-0.3, -0.25) is 9.69 Å². The Morgan fingerprint density at radius 3 is 2.57 bits per heavy atom. The van der Waals surface area contributed by atoms with Gasteiger partial charge in [0.15, 0.2) is 0 Å². The Labute approximate surface area is 181 Å². The lowest BCUT2D eigenvalue weighted by Crippen LogP contribution is -2.62. The van der Waals surface area contributed by atoms with Crippen molar-refractivity contribution >= 4 is 23.6 Å². The smallest absolute Gasteiger partial charge is 0.262 e. The molecule has 1 aromatic carbocycles. The second-order valence-electron chi connectivity index (χ2n) is 8.30. The molecule has 2 atom stereocenters. The van der Waals surface area contributed by atoms with E-state index in [-0.39, 0.29) is 11.9 Å². The molecule has 4 aliphatic rings. The van der Waals surface area contributed by atoms with E-state index in [2.05, 4.69) is 27.0 Å². The van der Waals surface area contributed by atoms with E-state index in [9.17, 15) is 4.79 Å². The molecule has 0 radical (unpaired) electrons. The fourth-order valence-corrected chi connectivity index (χ4v) is 5.49. The number of nitrogens with zero attached hydrogens (tertiary/aromatic N) is 3. The maximum Gasteiger partial charge on any atom is 0.262 e. The molecule has 1 amide bonds. The lowest BCUT2D eigenvalue weighted by Gasteiger charge is -2.49. The van der Waals surface area contributed by atoms with Gasteiger partial charge in [-0.25, -0.2) is 4.98 Å². The zero-order chi connectivity index (χ0) is 20.5. The van der Waals surface area contributed by atoms with Crippen LogP contribution >= 0.6 is 11.8 Å². The SMILES string of the molecule is C[C@@H]1[C@H](NC(=O)c2ccc(Sc3ncc(N4CCOCC4)o3)cc2)C2CCN1CC2. The molecule has 5 heterocycles. The molecule has 2 bridgehead atoms. The molecule has 2 aromatic rings. The molecule has 30 heavy (non-hydrogen) atoms. The number of ether oxygens (including phenoxy) is 1. The van der Waals surface area contributed by atoms with Crippen molar-refractivity contribution in [3.8, 4) is 0 Å². The van der Waals surface area contributed by atoms with E-state index in [1.54, 1.807) is 6.20 Å². The van der Waals surface area contributed by atoms with Crippen molar-refractivity contribution < 1.29 is 13.9 Å². The van der Waals surface area contributed by atoms with Gasteiger partial charge in [0.05, 0.1) is 19.4 Å². The number of morpholine rings is 1. The van der Waals surface area contributed by atoms with E-state index in [1.165, 1.54) is 24.6 Å². The van der Waals surface area contributed by atoms with E-state index < -0.39 is 0 Å². The summed E-state index contributed by atoms with van der Waals surface area (Å²) in [6.07, 6.45) is 4.14. The topological polar surface area (TPSA) is 70.8 Å². The van der Waals surface area contributed by atoms with E-state index in [4.69, 9.17) is 9.15 Å². The summed E-state index contributed by atoms with van der Waals surface area (Å²) in [6.45, 7) is 7.63. The molecule has 0 spiro atoms. The minimum Gasteiger partial charge on any atom is -0.415 e. The Morgan fingerprint density at radius 2 is 1.87 bits per heavy atom. The average molecular weight is 429 g/mol. The number of aromatic nitrogens is 1. The van der Waals surface area contributed by atoms with Gasteiger partial charge in [-0.2, -0.15) is 0 Å². The van der Waals surface area contributed by atoms with Crippen LogP contribution in [-0.2, 0) is 4.74 Å². The lowest BCUT2D eigenvalue weighted by atomic mass is 9.79. The molecular formula is C22H28N4O3S. The van der Waals surface area contributed by atoms with E-state index in [1.807, 2.05) is 24.3 Å². The van der Waals surface area contributed by atoms with E-state index >= 15 is 0 Å². The van der Waals surface area contributed by atoms with Crippen molar-refractivity contribution in [3.05, 3.63) is 36.0 Å². The van der Waals surface area contributed by atoms with Crippen LogP contribution in [-0.4, -0.2) is 67.3 Å². The zero-order valence-electron chi connectivity index (χ0n) is 17.3. The van der Waals surface area contributed by atoms with Crippen LogP contribution in [0.1, 0.15) is 30.1 Å². The molecule has 0 unspecified atom stereocenters. The van der Waals surface area contributed by atoms with Gasteiger partial charge >= 0.3 is 0 Å². The average Bonchev–Trinajstić information content (AvgIpc) is 3.26. The third-order valence-electron chi connectivity index (χ3n) is 6.59. The molecule has 1 aromatic heterocycles. The van der Waals surface area contributed by atoms with Crippen LogP contribution in [0.5, 0.6) is 0 Å². The number of amides is 1. The van der Waals surface area contributed by atoms with Crippen molar-refractivity contribution in [3.63, 3.8) is 0 Å². The first kappa shape index (κ1) is 19.9. The summed E-state index contributed by atoms with van der Waals surface area (Å²) < 4.78 is 11.3. The predicted molar refractivity (Wildman–Crippen MR) is 115 cm³/mol. The highest BCUT2D eigenvalue weighted by Gasteiger charge is 2.40. The number of oxazole rings is 1. The predicted octanol–water partition coefficient (Wildman–Crippen LogP) is 2.87. The van der Waals surface area contributed by atoms with Crippen molar-refractivity contribution in [2.24, 2.45) is 5.92 Å². The Kier molecular flexibility index (Phi) is 5.71. The highest BCUT2D eigenvalue weighted by molar-refractivity contribution is 7.99. The van der Waals surface area contributed by atoms with Crippen molar-refractivity contribution in [1.82, 2.24) is 15.2 Å². The fourth-order valence-electron chi connectivity index (χ4n) is 4.78. The van der Waals surface area contributed by atoms with Gasteiger partial charge in [0, 0.05) is 35.6 Å². The minimum atomic E-state index is 0.0166. The lowest BCUT2D eigenvalue weighted by molar-refractivity contribution is 0.0217. The van der Waals surface area contributed by atoms with Gasteiger partial charge in [-0.15, -0.1) is 0 Å². The summed E-state index contributed by atoms with van der Waals surface area (Å²) in [5, 5.41) is 3.90. The van der Waals surface area contributed by atoms with Crippen molar-refractivity contribution in [2.75, 3.05) is 44.3 Å². The van der Waals surface area contributed by atoms with Crippen LogP contribution in [0, 0.1) is 5.92 Å². The number of piperidine rings is 3. The Balaban J connectivity index is 1.19. The van der Waals surface area contributed by atoms with E-state index in [0.717, 1.165) is 37.0 Å². The number of carbonyl (C=O) groups is 1. The largest absolute Gasteiger partial charge is 0.415 e. The van der Waals surface area contributed by atoms with Crippen molar-refractivity contribution in [1.29, 1.82) is 0 Å². The first-order valence-electron chi connectivity index (χ1n) is 10.8. The monoisotopic (exact) mass is 428 g/mol. The molecule has 160 valence electrons. The zero-order valence-corrected chi connectivity index (χ0v) is 18.1. The third kappa shape index (κ3) is 4.08. The fraction of sp³-hybridized carbons (Fsp3) is 0.545. The van der Waals surface area contributed by atoms with Crippen LogP contribution in [0.15, 0.2) is 45.0 Å². The molecule has 4 saturated heterocycles. The van der Waals surface area contributed by atoms with Crippen molar-refractivity contribution in [2.45, 2.75) is 42.0 Å². The molecule has 4 fully saturated rings. The number of carbonyl (C=O) groups excluding carboxylic acids is 1. The number of anilines is 1. The van der Waals surface area contributed by atoms with Crippen LogP contribution in [0.3, 0.4) is 0 Å². The second kappa shape index (κ2) is 8.61. The molecule has 1 N–H and O–H groups in total. The van der Waals surface area contributed by atoms with Gasteiger partial charge in [0.2, 0.25) is 5.88 Å². The van der Waals surface area contributed by atoms with Gasteiger partial charge in [0.1, 0.15) is 0 Å². The third-order valence-corrected chi connectivity index (χ3v) is 7.46. The number of rotatable bonds is 5. The number of hydrogen-bond donors (Lipinski definition) is 1. The normalized spacial score (nSPS) is 28.5. The number of hydrogen-bond acceptors (Lipinski definition) is 7. The number of benzene rings is 1. The van der Waals surface area contributed by atoms with Crippen LogP contribution < -0.4 is 10.2 Å². The molecule has 0 aliphatic carbocycles. The van der Waals surface area contributed by atoms with Gasteiger partial charge in [-0.1, -0.05) is 0 Å². The quantitative estimate of drug-likeness (QED) is 0.785. The Hall–Kier alpha value is -2.03. The summed E-state index contributed by atoms with van der Waals surface area (Å²) in [5.74, 6) is 1.40. The van der Waals surface area contributed by atoms with E-state index in [0.29, 0.717) is 36.0 Å². The van der Waals surface area contributed by atoms with Gasteiger partial charge in [0.25, 0.3) is 11.1 Å². The molecular weight excluding hydrogens is 400 g/mol. The maximum absolute atomic E-state index is 12.8. The highest BCUT2D eigenvalue weighted by atomic mass is 32.2. The summed E-state index contributed by atoms with van der Waals surface area (Å²) in [4.78, 5) is 22.8. The molecule has 6 rings (SSSR count). The molecule has 4 aliphatic heterocycles. The second-order valence-corrected chi connectivity index (χ2v) is 9.33. The van der Waals surface area contributed by atoms with Gasteiger partial charge in [-0.05, 0) is 74.8 Å². The van der Waals surface area contributed by atoms with Crippen LogP contribution in [0.2, 0.25) is 0 Å². The highest BCUT2D eigenvalue weighted by Crippen LogP contribution is 2.33. The number of nitrogens with one attached hydrogen (secondary N) is 1. The van der Waals surface area contributed by atoms with Gasteiger partial charge < -0.3 is 19.4 Å². The minimum absolute atomic E-state index is 0.0166. The Morgan fingerprint density at radius 1 is 1.13 bits per heavy atom. The molecule has 7 nitrogen and oxygen atoms in total. The summed E-state index contributed by atoms with van der Waals surface area (Å²) in [5.41, 5.74) is 0.699. The summed E-state index contributed by atoms with van der Waals surface area (Å²) in [7, 11) is 0. The maximum atomic E-state index is 12.8. The van der Waals surface area contributed by atoms with Crippen LogP contribution in [0.4, 0.5) is 5.88 Å². The first-order valence-corrected chi connectivity index (χ1v) is 11.6. The molecule has 0 saturated carbocycles. The van der Waals surface area contributed by atoms with Crippen LogP contribution in [0.25, 0.3) is 0 Å². The Bertz CT molecular complexity index is 871. The standard InChI is InChI=1S/C22H28N4O3S/c1-15-20(16-6-8-25(15)9-7-16)24-21(27)17-2-4-18(5-3-17)30-22-23-14-19(29-22)26-10-12-28-13-11-26/h2-5,14-16,20H,6-13H2,1H3,(H,24,27)/t15-,20+/m1/s1. The molecule has 8 heteroatoms. The summed E-state index contributed by atoms with van der Waals surface area (Å²) in [6, 6.07) is 8.35. The number of fused-ring (bicyclic) bond motifs is 3.